The van der Waals surface area contributed by atoms with Crippen LogP contribution in [-0.4, -0.2) is 23.6 Å². The molecule has 2 rings (SSSR count). The molecule has 6 heteroatoms. The normalized spacial score (nSPS) is 10.3. The molecule has 1 aromatic heterocycles. The molecule has 19 heavy (non-hydrogen) atoms. The van der Waals surface area contributed by atoms with Crippen LogP contribution >= 0.6 is 15.9 Å². The van der Waals surface area contributed by atoms with E-state index in [0.29, 0.717) is 12.5 Å². The van der Waals surface area contributed by atoms with Gasteiger partial charge in [0.15, 0.2) is 0 Å². The molecule has 0 atom stereocenters. The fourth-order valence-corrected chi connectivity index (χ4v) is 1.96. The Morgan fingerprint density at radius 1 is 1.37 bits per heavy atom. The minimum atomic E-state index is -0.210. The summed E-state index contributed by atoms with van der Waals surface area (Å²) in [7, 11) is 1.76. The maximum Gasteiger partial charge on any atom is 0.224 e. The molecule has 0 unspecified atom stereocenters. The molecule has 2 aromatic rings. The molecular formula is C13H14BrFN4. The fraction of sp³-hybridized carbons (Fsp3) is 0.231. The summed E-state index contributed by atoms with van der Waals surface area (Å²) in [6.07, 6.45) is 2.41. The van der Waals surface area contributed by atoms with Crippen LogP contribution in [0.1, 0.15) is 5.56 Å². The van der Waals surface area contributed by atoms with Gasteiger partial charge < -0.3 is 10.6 Å². The van der Waals surface area contributed by atoms with Crippen molar-refractivity contribution < 1.29 is 4.39 Å². The van der Waals surface area contributed by atoms with Crippen molar-refractivity contribution in [3.63, 3.8) is 0 Å². The van der Waals surface area contributed by atoms with E-state index in [9.17, 15) is 4.39 Å². The number of benzene rings is 1. The highest BCUT2D eigenvalue weighted by molar-refractivity contribution is 9.10. The first-order valence-electron chi connectivity index (χ1n) is 5.87. The lowest BCUT2D eigenvalue weighted by molar-refractivity contribution is 0.625. The molecule has 0 saturated carbocycles. The topological polar surface area (TPSA) is 49.8 Å². The van der Waals surface area contributed by atoms with Gasteiger partial charge in [0.2, 0.25) is 5.95 Å². The maximum absolute atomic E-state index is 13.0. The molecule has 4 nitrogen and oxygen atoms in total. The van der Waals surface area contributed by atoms with Crippen LogP contribution in [0, 0.1) is 5.82 Å². The molecule has 0 aliphatic rings. The van der Waals surface area contributed by atoms with Crippen LogP contribution < -0.4 is 10.6 Å². The number of anilines is 2. The Balaban J connectivity index is 1.95. The van der Waals surface area contributed by atoms with E-state index in [1.165, 1.54) is 12.1 Å². The third-order valence-corrected chi connectivity index (χ3v) is 3.14. The summed E-state index contributed by atoms with van der Waals surface area (Å²) >= 11 is 3.38. The molecule has 0 spiro atoms. The summed E-state index contributed by atoms with van der Waals surface area (Å²) in [5.74, 6) is 1.06. The van der Waals surface area contributed by atoms with E-state index < -0.39 is 0 Å². The summed E-state index contributed by atoms with van der Waals surface area (Å²) in [5.41, 5.74) is 0.950. The third-order valence-electron chi connectivity index (χ3n) is 2.56. The number of rotatable bonds is 5. The second-order valence-electron chi connectivity index (χ2n) is 3.95. The van der Waals surface area contributed by atoms with Crippen LogP contribution in [0.25, 0.3) is 0 Å². The van der Waals surface area contributed by atoms with Gasteiger partial charge in [-0.25, -0.2) is 9.37 Å². The molecule has 2 N–H and O–H groups in total. The second kappa shape index (κ2) is 6.47. The van der Waals surface area contributed by atoms with E-state index in [-0.39, 0.29) is 5.82 Å². The van der Waals surface area contributed by atoms with E-state index in [1.54, 1.807) is 19.3 Å². The van der Waals surface area contributed by atoms with Crippen molar-refractivity contribution in [2.75, 3.05) is 24.2 Å². The largest absolute Gasteiger partial charge is 0.369 e. The number of nitrogens with one attached hydrogen (secondary N) is 2. The molecule has 1 heterocycles. The zero-order valence-corrected chi connectivity index (χ0v) is 12.0. The molecule has 0 saturated heterocycles. The van der Waals surface area contributed by atoms with Crippen LogP contribution in [0.15, 0.2) is 34.9 Å². The Morgan fingerprint density at radius 3 is 2.95 bits per heavy atom. The van der Waals surface area contributed by atoms with E-state index >= 15 is 0 Å². The predicted molar refractivity (Wildman–Crippen MR) is 77.9 cm³/mol. The smallest absolute Gasteiger partial charge is 0.224 e. The highest BCUT2D eigenvalue weighted by atomic mass is 79.9. The number of aromatic nitrogens is 2. The first-order chi connectivity index (χ1) is 9.19. The molecule has 0 bridgehead atoms. The average Bonchev–Trinajstić information content (AvgIpc) is 2.41. The average molecular weight is 325 g/mol. The molecule has 1 aromatic carbocycles. The Hall–Kier alpha value is -1.69. The molecule has 0 aliphatic heterocycles. The van der Waals surface area contributed by atoms with Gasteiger partial charge >= 0.3 is 0 Å². The van der Waals surface area contributed by atoms with E-state index in [4.69, 9.17) is 0 Å². The molecule has 100 valence electrons. The van der Waals surface area contributed by atoms with Crippen molar-refractivity contribution in [2.45, 2.75) is 6.42 Å². The highest BCUT2D eigenvalue weighted by Crippen LogP contribution is 2.19. The van der Waals surface area contributed by atoms with E-state index in [0.717, 1.165) is 22.3 Å². The van der Waals surface area contributed by atoms with Gasteiger partial charge in [-0.1, -0.05) is 12.1 Å². The monoisotopic (exact) mass is 324 g/mol. The van der Waals surface area contributed by atoms with Crippen molar-refractivity contribution in [1.29, 1.82) is 0 Å². The lowest BCUT2D eigenvalue weighted by Crippen LogP contribution is -2.08. The van der Waals surface area contributed by atoms with Crippen LogP contribution in [0.3, 0.4) is 0 Å². The zero-order chi connectivity index (χ0) is 13.7. The van der Waals surface area contributed by atoms with Gasteiger partial charge in [0.1, 0.15) is 11.6 Å². The summed E-state index contributed by atoms with van der Waals surface area (Å²) < 4.78 is 13.8. The number of hydrogen-bond donors (Lipinski definition) is 2. The first-order valence-corrected chi connectivity index (χ1v) is 6.67. The van der Waals surface area contributed by atoms with Crippen LogP contribution in [0.2, 0.25) is 0 Å². The fourth-order valence-electron chi connectivity index (χ4n) is 1.63. The van der Waals surface area contributed by atoms with Gasteiger partial charge in [-0.3, -0.25) is 0 Å². The van der Waals surface area contributed by atoms with Crippen molar-refractivity contribution in [3.8, 4) is 0 Å². The SMILES string of the molecule is CNc1ncc(Br)c(NCCc2cccc(F)c2)n1. The number of halogens is 2. The Labute approximate surface area is 119 Å². The number of hydrogen-bond acceptors (Lipinski definition) is 4. The van der Waals surface area contributed by atoms with Crippen molar-refractivity contribution in [3.05, 3.63) is 46.3 Å². The predicted octanol–water partition coefficient (Wildman–Crippen LogP) is 3.07. The number of nitrogens with zero attached hydrogens (tertiary/aromatic N) is 2. The minimum Gasteiger partial charge on any atom is -0.369 e. The molecule has 0 amide bonds. The van der Waals surface area contributed by atoms with Gasteiger partial charge in [-0.05, 0) is 40.0 Å². The van der Waals surface area contributed by atoms with Gasteiger partial charge in [0.25, 0.3) is 0 Å². The lowest BCUT2D eigenvalue weighted by atomic mass is 10.1. The standard InChI is InChI=1S/C13H14BrFN4/c1-16-13-18-8-11(14)12(19-13)17-6-5-9-3-2-4-10(15)7-9/h2-4,7-8H,5-6H2,1H3,(H2,16,17,18,19). The molecular weight excluding hydrogens is 311 g/mol. The quantitative estimate of drug-likeness (QED) is 0.887. The van der Waals surface area contributed by atoms with E-state index in [2.05, 4.69) is 36.5 Å². The zero-order valence-electron chi connectivity index (χ0n) is 10.5. The highest BCUT2D eigenvalue weighted by Gasteiger charge is 2.03. The van der Waals surface area contributed by atoms with Crippen molar-refractivity contribution >= 4 is 27.7 Å². The first kappa shape index (κ1) is 13.7. The van der Waals surface area contributed by atoms with Crippen molar-refractivity contribution in [2.24, 2.45) is 0 Å². The summed E-state index contributed by atoms with van der Waals surface area (Å²) in [6, 6.07) is 6.59. The Kier molecular flexibility index (Phi) is 4.68. The van der Waals surface area contributed by atoms with Gasteiger partial charge in [-0.15, -0.1) is 0 Å². The summed E-state index contributed by atoms with van der Waals surface area (Å²) in [6.45, 7) is 0.669. The Morgan fingerprint density at radius 2 is 2.21 bits per heavy atom. The second-order valence-corrected chi connectivity index (χ2v) is 4.80. The third kappa shape index (κ3) is 3.89. The molecule has 0 radical (unpaired) electrons. The lowest BCUT2D eigenvalue weighted by Gasteiger charge is -2.08. The molecule has 0 fully saturated rings. The van der Waals surface area contributed by atoms with Gasteiger partial charge in [-0.2, -0.15) is 4.98 Å². The maximum atomic E-state index is 13.0. The van der Waals surface area contributed by atoms with E-state index in [1.807, 2.05) is 6.07 Å². The summed E-state index contributed by atoms with van der Waals surface area (Å²) in [5, 5.41) is 6.07. The van der Waals surface area contributed by atoms with Crippen LogP contribution in [0.4, 0.5) is 16.2 Å². The Bertz CT molecular complexity index is 562. The van der Waals surface area contributed by atoms with Gasteiger partial charge in [0, 0.05) is 19.8 Å². The van der Waals surface area contributed by atoms with Gasteiger partial charge in [0.05, 0.1) is 4.47 Å². The van der Waals surface area contributed by atoms with Crippen molar-refractivity contribution in [1.82, 2.24) is 9.97 Å². The van der Waals surface area contributed by atoms with Crippen LogP contribution in [-0.2, 0) is 6.42 Å². The summed E-state index contributed by atoms with van der Waals surface area (Å²) in [4.78, 5) is 8.36. The molecule has 0 aliphatic carbocycles. The van der Waals surface area contributed by atoms with Crippen LogP contribution in [0.5, 0.6) is 0 Å². The minimum absolute atomic E-state index is 0.210.